The van der Waals surface area contributed by atoms with Crippen molar-refractivity contribution in [2.24, 2.45) is 0 Å². The van der Waals surface area contributed by atoms with E-state index in [1.807, 2.05) is 0 Å². The molecule has 0 aliphatic carbocycles. The van der Waals surface area contributed by atoms with Crippen LogP contribution in [-0.2, 0) is 12.7 Å². The van der Waals surface area contributed by atoms with Gasteiger partial charge < -0.3 is 20.7 Å². The van der Waals surface area contributed by atoms with Crippen LogP contribution in [0.4, 0.5) is 43.9 Å². The molecule has 0 bridgehead atoms. The number of ether oxygens (including phenoxy) is 1. The third kappa shape index (κ3) is 7.99. The van der Waals surface area contributed by atoms with E-state index < -0.39 is 30.5 Å². The summed E-state index contributed by atoms with van der Waals surface area (Å²) in [6.07, 6.45) is -9.27. The molecule has 0 unspecified atom stereocenters. The first kappa shape index (κ1) is 26.5. The molecule has 3 N–H and O–H groups in total. The van der Waals surface area contributed by atoms with Crippen molar-refractivity contribution < 1.29 is 35.9 Å². The minimum Gasteiger partial charge on any atom is -0.454 e. The number of alkyl halides is 6. The Morgan fingerprint density at radius 3 is 2.28 bits per heavy atom. The van der Waals surface area contributed by atoms with Gasteiger partial charge in [0.15, 0.2) is 6.61 Å². The SMILES string of the molecule is CCNC(=O)c1ccc(CNc2nc(Nc3cccc(C(F)(F)F)c3)nc(OCC(F)(F)F)n2)cc1. The molecule has 8 nitrogen and oxygen atoms in total. The van der Waals surface area contributed by atoms with Gasteiger partial charge in [-0.05, 0) is 42.8 Å². The van der Waals surface area contributed by atoms with Gasteiger partial charge in [0.25, 0.3) is 5.91 Å². The van der Waals surface area contributed by atoms with Gasteiger partial charge >= 0.3 is 18.4 Å². The van der Waals surface area contributed by atoms with Gasteiger partial charge in [-0.2, -0.15) is 41.3 Å². The number of nitrogens with zero attached hydrogens (tertiary/aromatic N) is 3. The highest BCUT2D eigenvalue weighted by molar-refractivity contribution is 5.94. The molecule has 0 aliphatic heterocycles. The van der Waals surface area contributed by atoms with Crippen LogP contribution in [0.15, 0.2) is 48.5 Å². The molecule has 0 aliphatic rings. The van der Waals surface area contributed by atoms with E-state index in [2.05, 4.69) is 35.6 Å². The van der Waals surface area contributed by atoms with E-state index in [1.165, 1.54) is 6.07 Å². The average molecular weight is 514 g/mol. The van der Waals surface area contributed by atoms with Crippen LogP contribution in [0, 0.1) is 0 Å². The highest BCUT2D eigenvalue weighted by Gasteiger charge is 2.31. The van der Waals surface area contributed by atoms with Gasteiger partial charge in [-0.1, -0.05) is 18.2 Å². The number of anilines is 3. The maximum absolute atomic E-state index is 13.0. The van der Waals surface area contributed by atoms with Gasteiger partial charge in [0.1, 0.15) is 0 Å². The number of carbonyl (C=O) groups excluding carboxylic acids is 1. The van der Waals surface area contributed by atoms with Crippen molar-refractivity contribution in [2.45, 2.75) is 25.8 Å². The Labute approximate surface area is 201 Å². The maximum Gasteiger partial charge on any atom is 0.422 e. The fourth-order valence-electron chi connectivity index (χ4n) is 2.82. The molecule has 1 amide bonds. The highest BCUT2D eigenvalue weighted by Crippen LogP contribution is 2.31. The Morgan fingerprint density at radius 1 is 0.944 bits per heavy atom. The number of nitrogens with one attached hydrogen (secondary N) is 3. The summed E-state index contributed by atoms with van der Waals surface area (Å²) in [5.74, 6) is -0.772. The molecule has 1 aromatic heterocycles. The normalized spacial score (nSPS) is 11.6. The molecule has 0 fully saturated rings. The minimum atomic E-state index is -4.67. The maximum atomic E-state index is 13.0. The quantitative estimate of drug-likeness (QED) is 0.348. The first-order valence-corrected chi connectivity index (χ1v) is 10.4. The first-order valence-electron chi connectivity index (χ1n) is 10.4. The zero-order valence-corrected chi connectivity index (χ0v) is 18.7. The van der Waals surface area contributed by atoms with E-state index in [0.717, 1.165) is 18.2 Å². The largest absolute Gasteiger partial charge is 0.454 e. The summed E-state index contributed by atoms with van der Waals surface area (Å²) < 4.78 is 81.3. The van der Waals surface area contributed by atoms with Crippen molar-refractivity contribution in [2.75, 3.05) is 23.8 Å². The standard InChI is InChI=1S/C22H20F6N6O2/c1-2-29-17(35)14-8-6-13(7-9-14)11-30-18-32-19(34-20(33-18)36-12-21(23,24)25)31-16-5-3-4-15(10-16)22(26,27)28/h3-10H,2,11-12H2,1H3,(H,29,35)(H2,30,31,32,33,34). The summed E-state index contributed by atoms with van der Waals surface area (Å²) in [6.45, 7) is 0.688. The summed E-state index contributed by atoms with van der Waals surface area (Å²) >= 11 is 0. The van der Waals surface area contributed by atoms with Crippen LogP contribution in [0.5, 0.6) is 6.01 Å². The number of hydrogen-bond donors (Lipinski definition) is 3. The summed E-state index contributed by atoms with van der Waals surface area (Å²) in [5, 5.41) is 7.97. The molecule has 2 aromatic carbocycles. The smallest absolute Gasteiger partial charge is 0.422 e. The Hall–Kier alpha value is -4.10. The average Bonchev–Trinajstić information content (AvgIpc) is 2.81. The molecule has 3 rings (SSSR count). The molecular formula is C22H20F6N6O2. The molecule has 0 saturated carbocycles. The number of rotatable bonds is 9. The number of aromatic nitrogens is 3. The zero-order chi connectivity index (χ0) is 26.3. The number of benzene rings is 2. The second kappa shape index (κ2) is 11.1. The van der Waals surface area contributed by atoms with Gasteiger partial charge in [0.2, 0.25) is 11.9 Å². The Morgan fingerprint density at radius 2 is 1.64 bits per heavy atom. The van der Waals surface area contributed by atoms with Crippen LogP contribution in [0.1, 0.15) is 28.4 Å². The lowest BCUT2D eigenvalue weighted by Crippen LogP contribution is -2.22. The number of hydrogen-bond acceptors (Lipinski definition) is 7. The molecule has 36 heavy (non-hydrogen) atoms. The van der Waals surface area contributed by atoms with Crippen molar-refractivity contribution >= 4 is 23.5 Å². The van der Waals surface area contributed by atoms with Crippen LogP contribution >= 0.6 is 0 Å². The van der Waals surface area contributed by atoms with Crippen LogP contribution in [0.25, 0.3) is 0 Å². The molecular weight excluding hydrogens is 494 g/mol. The summed E-state index contributed by atoms with van der Waals surface area (Å²) in [4.78, 5) is 23.3. The van der Waals surface area contributed by atoms with Gasteiger partial charge in [-0.3, -0.25) is 4.79 Å². The highest BCUT2D eigenvalue weighted by atomic mass is 19.4. The van der Waals surface area contributed by atoms with Crippen molar-refractivity contribution in [3.8, 4) is 6.01 Å². The summed E-state index contributed by atoms with van der Waals surface area (Å²) in [6, 6.07) is 9.91. The summed E-state index contributed by atoms with van der Waals surface area (Å²) in [5.41, 5.74) is 0.138. The Bertz CT molecular complexity index is 1180. The fourth-order valence-corrected chi connectivity index (χ4v) is 2.82. The van der Waals surface area contributed by atoms with Gasteiger partial charge in [-0.25, -0.2) is 0 Å². The second-order valence-electron chi connectivity index (χ2n) is 7.28. The first-order chi connectivity index (χ1) is 16.9. The molecule has 192 valence electrons. The van der Waals surface area contributed by atoms with Crippen molar-refractivity contribution in [3.05, 3.63) is 65.2 Å². The Balaban J connectivity index is 1.79. The van der Waals surface area contributed by atoms with Crippen LogP contribution in [0.3, 0.4) is 0 Å². The predicted octanol–water partition coefficient (Wildman–Crippen LogP) is 4.94. The topological polar surface area (TPSA) is 101 Å². The van der Waals surface area contributed by atoms with E-state index >= 15 is 0 Å². The van der Waals surface area contributed by atoms with Crippen LogP contribution in [0.2, 0.25) is 0 Å². The molecule has 3 aromatic rings. The monoisotopic (exact) mass is 514 g/mol. The molecule has 1 heterocycles. The van der Waals surface area contributed by atoms with Crippen molar-refractivity contribution in [1.82, 2.24) is 20.3 Å². The van der Waals surface area contributed by atoms with Crippen LogP contribution in [-0.4, -0.2) is 40.2 Å². The molecule has 0 saturated heterocycles. The van der Waals surface area contributed by atoms with E-state index in [-0.39, 0.29) is 30.0 Å². The lowest BCUT2D eigenvalue weighted by atomic mass is 10.1. The number of amides is 1. The third-order valence-corrected chi connectivity index (χ3v) is 4.43. The molecule has 0 radical (unpaired) electrons. The van der Waals surface area contributed by atoms with Gasteiger partial charge in [0.05, 0.1) is 5.56 Å². The fraction of sp³-hybridized carbons (Fsp3) is 0.273. The van der Waals surface area contributed by atoms with E-state index in [1.54, 1.807) is 31.2 Å². The van der Waals surface area contributed by atoms with Gasteiger partial charge in [0, 0.05) is 24.3 Å². The lowest BCUT2D eigenvalue weighted by molar-refractivity contribution is -0.154. The molecule has 14 heteroatoms. The number of halogens is 6. The molecule has 0 atom stereocenters. The van der Waals surface area contributed by atoms with E-state index in [0.29, 0.717) is 17.7 Å². The predicted molar refractivity (Wildman–Crippen MR) is 118 cm³/mol. The second-order valence-corrected chi connectivity index (χ2v) is 7.28. The van der Waals surface area contributed by atoms with Gasteiger partial charge in [-0.15, -0.1) is 0 Å². The Kier molecular flexibility index (Phi) is 8.17. The zero-order valence-electron chi connectivity index (χ0n) is 18.7. The summed E-state index contributed by atoms with van der Waals surface area (Å²) in [7, 11) is 0. The van der Waals surface area contributed by atoms with E-state index in [4.69, 9.17) is 0 Å². The number of carbonyl (C=O) groups is 1. The van der Waals surface area contributed by atoms with Crippen LogP contribution < -0.4 is 20.7 Å². The minimum absolute atomic E-state index is 0.0512. The van der Waals surface area contributed by atoms with Crippen molar-refractivity contribution in [3.63, 3.8) is 0 Å². The van der Waals surface area contributed by atoms with Crippen molar-refractivity contribution in [1.29, 1.82) is 0 Å². The lowest BCUT2D eigenvalue weighted by Gasteiger charge is -2.13. The third-order valence-electron chi connectivity index (χ3n) is 4.43. The van der Waals surface area contributed by atoms with E-state index in [9.17, 15) is 31.1 Å². The molecule has 0 spiro atoms.